The third-order valence-corrected chi connectivity index (χ3v) is 6.34. The first-order valence-electron chi connectivity index (χ1n) is 12.2. The molecule has 0 aliphatic carbocycles. The number of halogens is 1. The van der Waals surface area contributed by atoms with Gasteiger partial charge >= 0.3 is 6.03 Å². The first kappa shape index (κ1) is 25.4. The van der Waals surface area contributed by atoms with Crippen molar-refractivity contribution in [1.29, 1.82) is 0 Å². The average Bonchev–Trinajstić information content (AvgIpc) is 2.90. The van der Waals surface area contributed by atoms with E-state index in [4.69, 9.17) is 4.74 Å². The molecule has 2 heterocycles. The molecule has 0 radical (unpaired) electrons. The van der Waals surface area contributed by atoms with Crippen LogP contribution in [0, 0.1) is 11.7 Å². The van der Waals surface area contributed by atoms with Gasteiger partial charge < -0.3 is 30.1 Å². The van der Waals surface area contributed by atoms with Crippen molar-refractivity contribution in [2.24, 2.45) is 5.92 Å². The molecule has 2 saturated heterocycles. The molecular weight excluding hydrogens is 465 g/mol. The topological polar surface area (TPSA) is 94.2 Å². The van der Waals surface area contributed by atoms with Crippen molar-refractivity contribution in [2.45, 2.75) is 13.8 Å². The Balaban J connectivity index is 1.49. The van der Waals surface area contributed by atoms with E-state index in [1.165, 1.54) is 12.1 Å². The number of urea groups is 1. The maximum atomic E-state index is 13.9. The summed E-state index contributed by atoms with van der Waals surface area (Å²) in [6, 6.07) is 11.1. The zero-order valence-corrected chi connectivity index (χ0v) is 20.6. The lowest BCUT2D eigenvalue weighted by atomic mass is 10.1. The van der Waals surface area contributed by atoms with Crippen LogP contribution in [-0.4, -0.2) is 80.1 Å². The van der Waals surface area contributed by atoms with Gasteiger partial charge in [0, 0.05) is 56.6 Å². The molecule has 192 valence electrons. The smallest absolute Gasteiger partial charge is 0.322 e. The largest absolute Gasteiger partial charge is 0.378 e. The first-order chi connectivity index (χ1) is 17.3. The Morgan fingerprint density at radius 2 is 1.58 bits per heavy atom. The van der Waals surface area contributed by atoms with Gasteiger partial charge in [-0.3, -0.25) is 9.59 Å². The summed E-state index contributed by atoms with van der Waals surface area (Å²) in [7, 11) is 0. The molecule has 2 fully saturated rings. The molecule has 0 atom stereocenters. The minimum Gasteiger partial charge on any atom is -0.378 e. The predicted molar refractivity (Wildman–Crippen MR) is 136 cm³/mol. The lowest BCUT2D eigenvalue weighted by Gasteiger charge is -2.37. The number of amides is 4. The SMILES string of the molecule is CC(C)C(=O)Nc1ccc(N2CCN(C(=O)Nc3ccccc3F)CC2)c(C(=O)N2CCOCC2)c1. The Morgan fingerprint density at radius 3 is 2.25 bits per heavy atom. The van der Waals surface area contributed by atoms with Crippen LogP contribution in [0.5, 0.6) is 0 Å². The van der Waals surface area contributed by atoms with Crippen LogP contribution in [0.4, 0.5) is 26.2 Å². The zero-order chi connectivity index (χ0) is 25.7. The number of carbonyl (C=O) groups excluding carboxylic acids is 3. The van der Waals surface area contributed by atoms with Crippen LogP contribution >= 0.6 is 0 Å². The molecule has 9 nitrogen and oxygen atoms in total. The number of hydrogen-bond acceptors (Lipinski definition) is 5. The van der Waals surface area contributed by atoms with E-state index in [2.05, 4.69) is 15.5 Å². The fraction of sp³-hybridized carbons (Fsp3) is 0.423. The van der Waals surface area contributed by atoms with Crippen LogP contribution in [0.3, 0.4) is 0 Å². The van der Waals surface area contributed by atoms with Crippen LogP contribution in [0.1, 0.15) is 24.2 Å². The summed E-state index contributed by atoms with van der Waals surface area (Å²) in [4.78, 5) is 43.8. The highest BCUT2D eigenvalue weighted by Crippen LogP contribution is 2.28. The quantitative estimate of drug-likeness (QED) is 0.662. The third-order valence-electron chi connectivity index (χ3n) is 6.34. The summed E-state index contributed by atoms with van der Waals surface area (Å²) in [5.41, 5.74) is 1.96. The molecule has 2 N–H and O–H groups in total. The van der Waals surface area contributed by atoms with Crippen molar-refractivity contribution in [3.63, 3.8) is 0 Å². The molecule has 2 aliphatic rings. The fourth-order valence-corrected chi connectivity index (χ4v) is 4.19. The molecule has 0 bridgehead atoms. The van der Waals surface area contributed by atoms with Gasteiger partial charge in [0.2, 0.25) is 5.91 Å². The van der Waals surface area contributed by atoms with Gasteiger partial charge in [-0.05, 0) is 30.3 Å². The summed E-state index contributed by atoms with van der Waals surface area (Å²) in [6.45, 7) is 7.44. The van der Waals surface area contributed by atoms with Gasteiger partial charge in [0.25, 0.3) is 5.91 Å². The number of hydrogen-bond donors (Lipinski definition) is 2. The van der Waals surface area contributed by atoms with Gasteiger partial charge in [-0.15, -0.1) is 0 Å². The molecule has 0 unspecified atom stereocenters. The third kappa shape index (κ3) is 5.93. The molecule has 10 heteroatoms. The minimum absolute atomic E-state index is 0.117. The monoisotopic (exact) mass is 497 g/mol. The molecule has 0 saturated carbocycles. The standard InChI is InChI=1S/C26H32FN5O4/c1-18(2)24(33)28-19-7-8-23(20(17-19)25(34)31-13-15-36-16-14-31)30-9-11-32(12-10-30)26(35)29-22-6-4-3-5-21(22)27/h3-8,17-18H,9-16H2,1-2H3,(H,28,33)(H,29,35). The number of carbonyl (C=O) groups is 3. The zero-order valence-electron chi connectivity index (χ0n) is 20.6. The Morgan fingerprint density at radius 1 is 0.889 bits per heavy atom. The van der Waals surface area contributed by atoms with Crippen LogP contribution in [0.15, 0.2) is 42.5 Å². The van der Waals surface area contributed by atoms with E-state index in [0.29, 0.717) is 63.7 Å². The van der Waals surface area contributed by atoms with Gasteiger partial charge in [-0.25, -0.2) is 9.18 Å². The lowest BCUT2D eigenvalue weighted by molar-refractivity contribution is -0.118. The molecular formula is C26H32FN5O4. The number of benzene rings is 2. The second-order valence-electron chi connectivity index (χ2n) is 9.16. The summed E-state index contributed by atoms with van der Waals surface area (Å²) < 4.78 is 19.3. The van der Waals surface area contributed by atoms with E-state index < -0.39 is 5.82 Å². The number of morpholine rings is 1. The van der Waals surface area contributed by atoms with Crippen molar-refractivity contribution in [1.82, 2.24) is 9.80 Å². The van der Waals surface area contributed by atoms with E-state index in [0.717, 1.165) is 5.69 Å². The second-order valence-corrected chi connectivity index (χ2v) is 9.16. The highest BCUT2D eigenvalue weighted by atomic mass is 19.1. The molecule has 36 heavy (non-hydrogen) atoms. The number of para-hydroxylation sites is 1. The Hall–Kier alpha value is -3.66. The van der Waals surface area contributed by atoms with E-state index in [-0.39, 0.29) is 29.5 Å². The van der Waals surface area contributed by atoms with Crippen LogP contribution in [-0.2, 0) is 9.53 Å². The van der Waals surface area contributed by atoms with Crippen molar-refractivity contribution in [3.8, 4) is 0 Å². The molecule has 4 amide bonds. The Labute approximate surface area is 210 Å². The van der Waals surface area contributed by atoms with Crippen LogP contribution < -0.4 is 15.5 Å². The van der Waals surface area contributed by atoms with Crippen molar-refractivity contribution >= 4 is 34.9 Å². The van der Waals surface area contributed by atoms with Crippen LogP contribution in [0.2, 0.25) is 0 Å². The van der Waals surface area contributed by atoms with E-state index in [1.54, 1.807) is 34.1 Å². The summed E-state index contributed by atoms with van der Waals surface area (Å²) >= 11 is 0. The Kier molecular flexibility index (Phi) is 8.04. The van der Waals surface area contributed by atoms with E-state index in [1.807, 2.05) is 19.9 Å². The number of piperazine rings is 1. The van der Waals surface area contributed by atoms with Crippen molar-refractivity contribution in [3.05, 3.63) is 53.8 Å². The van der Waals surface area contributed by atoms with E-state index in [9.17, 15) is 18.8 Å². The fourth-order valence-electron chi connectivity index (χ4n) is 4.19. The lowest BCUT2D eigenvalue weighted by Crippen LogP contribution is -2.50. The van der Waals surface area contributed by atoms with Crippen LogP contribution in [0.25, 0.3) is 0 Å². The van der Waals surface area contributed by atoms with Gasteiger partial charge in [-0.2, -0.15) is 0 Å². The predicted octanol–water partition coefficient (Wildman–Crippen LogP) is 3.25. The summed E-state index contributed by atoms with van der Waals surface area (Å²) in [5, 5.41) is 5.50. The summed E-state index contributed by atoms with van der Waals surface area (Å²) in [5.74, 6) is -0.914. The maximum Gasteiger partial charge on any atom is 0.322 e. The average molecular weight is 498 g/mol. The molecule has 2 aliphatic heterocycles. The highest BCUT2D eigenvalue weighted by molar-refractivity contribution is 6.02. The maximum absolute atomic E-state index is 13.9. The number of anilines is 3. The van der Waals surface area contributed by atoms with Gasteiger partial charge in [0.05, 0.1) is 24.5 Å². The van der Waals surface area contributed by atoms with Gasteiger partial charge in [0.15, 0.2) is 0 Å². The van der Waals surface area contributed by atoms with Gasteiger partial charge in [0.1, 0.15) is 5.82 Å². The molecule has 2 aromatic carbocycles. The number of ether oxygens (including phenoxy) is 1. The molecule has 2 aromatic rings. The molecule has 0 spiro atoms. The van der Waals surface area contributed by atoms with E-state index >= 15 is 0 Å². The number of rotatable bonds is 5. The summed E-state index contributed by atoms with van der Waals surface area (Å²) in [6.07, 6.45) is 0. The van der Waals surface area contributed by atoms with Crippen molar-refractivity contribution < 1.29 is 23.5 Å². The minimum atomic E-state index is -0.486. The highest BCUT2D eigenvalue weighted by Gasteiger charge is 2.27. The first-order valence-corrected chi connectivity index (χ1v) is 12.2. The molecule has 0 aromatic heterocycles. The molecule has 4 rings (SSSR count). The Bertz CT molecular complexity index is 1110. The van der Waals surface area contributed by atoms with Gasteiger partial charge in [-0.1, -0.05) is 26.0 Å². The van der Waals surface area contributed by atoms with Crippen molar-refractivity contribution in [2.75, 3.05) is 68.0 Å². The number of nitrogens with one attached hydrogen (secondary N) is 2. The normalized spacial score (nSPS) is 16.2. The second kappa shape index (κ2) is 11.4. The number of nitrogens with zero attached hydrogens (tertiary/aromatic N) is 3.